The molecule has 1 atom stereocenters. The van der Waals surface area contributed by atoms with Crippen molar-refractivity contribution in [3.8, 4) is 0 Å². The fraction of sp³-hybridized carbons (Fsp3) is 0.357. The number of pyridine rings is 1. The van der Waals surface area contributed by atoms with E-state index >= 15 is 0 Å². The number of anilines is 1. The highest BCUT2D eigenvalue weighted by molar-refractivity contribution is 7.13. The maximum atomic E-state index is 12.0. The smallest absolute Gasteiger partial charge is 0.240 e. The molecule has 0 saturated heterocycles. The zero-order chi connectivity index (χ0) is 14.5. The lowest BCUT2D eigenvalue weighted by molar-refractivity contribution is -0.117. The summed E-state index contributed by atoms with van der Waals surface area (Å²) < 4.78 is 0. The van der Waals surface area contributed by atoms with E-state index in [2.05, 4.69) is 15.3 Å². The Bertz CT molecular complexity index is 570. The van der Waals surface area contributed by atoms with Crippen molar-refractivity contribution in [2.24, 2.45) is 0 Å². The van der Waals surface area contributed by atoms with Gasteiger partial charge in [-0.3, -0.25) is 14.7 Å². The largest absolute Gasteiger partial charge is 0.301 e. The molecule has 0 unspecified atom stereocenters. The van der Waals surface area contributed by atoms with Gasteiger partial charge in [-0.1, -0.05) is 6.07 Å². The zero-order valence-electron chi connectivity index (χ0n) is 11.8. The first kappa shape index (κ1) is 14.6. The van der Waals surface area contributed by atoms with Gasteiger partial charge in [0.2, 0.25) is 5.91 Å². The lowest BCUT2D eigenvalue weighted by Crippen LogP contribution is -2.32. The molecule has 2 aromatic heterocycles. The van der Waals surface area contributed by atoms with Crippen molar-refractivity contribution in [2.75, 3.05) is 18.9 Å². The van der Waals surface area contributed by atoms with Gasteiger partial charge >= 0.3 is 0 Å². The minimum atomic E-state index is -0.0652. The molecule has 0 aromatic carbocycles. The van der Waals surface area contributed by atoms with Gasteiger partial charge in [0.05, 0.1) is 17.9 Å². The highest BCUT2D eigenvalue weighted by Crippen LogP contribution is 2.17. The molecule has 106 valence electrons. The Balaban J connectivity index is 1.90. The van der Waals surface area contributed by atoms with Crippen LogP contribution in [0.2, 0.25) is 0 Å². The third-order valence-corrected chi connectivity index (χ3v) is 3.91. The molecule has 0 aliphatic carbocycles. The van der Waals surface area contributed by atoms with Crippen molar-refractivity contribution < 1.29 is 4.79 Å². The van der Waals surface area contributed by atoms with Gasteiger partial charge in [0, 0.05) is 17.6 Å². The van der Waals surface area contributed by atoms with Gasteiger partial charge in [0.15, 0.2) is 5.13 Å². The van der Waals surface area contributed by atoms with Crippen LogP contribution >= 0.6 is 11.3 Å². The number of nitrogens with one attached hydrogen (secondary N) is 1. The van der Waals surface area contributed by atoms with Gasteiger partial charge in [0.1, 0.15) is 0 Å². The summed E-state index contributed by atoms with van der Waals surface area (Å²) in [5, 5.41) is 5.36. The molecule has 0 radical (unpaired) electrons. The van der Waals surface area contributed by atoms with E-state index < -0.39 is 0 Å². The topological polar surface area (TPSA) is 58.1 Å². The van der Waals surface area contributed by atoms with Crippen LogP contribution < -0.4 is 5.32 Å². The number of carbonyl (C=O) groups is 1. The molecule has 2 heterocycles. The molecule has 5 nitrogen and oxygen atoms in total. The first-order valence-electron chi connectivity index (χ1n) is 6.39. The summed E-state index contributed by atoms with van der Waals surface area (Å²) in [6, 6.07) is 5.88. The van der Waals surface area contributed by atoms with Crippen LogP contribution in [0.5, 0.6) is 0 Å². The molecule has 0 saturated carbocycles. The van der Waals surface area contributed by atoms with E-state index in [-0.39, 0.29) is 11.9 Å². The number of hydrogen-bond acceptors (Lipinski definition) is 5. The van der Waals surface area contributed by atoms with E-state index in [9.17, 15) is 4.79 Å². The second kappa shape index (κ2) is 6.58. The number of hydrogen-bond donors (Lipinski definition) is 1. The minimum absolute atomic E-state index is 0.0652. The first-order chi connectivity index (χ1) is 9.56. The second-order valence-corrected chi connectivity index (χ2v) is 5.55. The molecule has 2 rings (SSSR count). The molecule has 0 aliphatic heterocycles. The number of thiazole rings is 1. The summed E-state index contributed by atoms with van der Waals surface area (Å²) in [7, 11) is 1.91. The minimum Gasteiger partial charge on any atom is -0.301 e. The maximum absolute atomic E-state index is 12.0. The van der Waals surface area contributed by atoms with E-state index in [4.69, 9.17) is 0 Å². The number of aromatic nitrogens is 2. The van der Waals surface area contributed by atoms with Crippen molar-refractivity contribution in [3.05, 3.63) is 41.2 Å². The van der Waals surface area contributed by atoms with Gasteiger partial charge in [-0.2, -0.15) is 0 Å². The van der Waals surface area contributed by atoms with Crippen molar-refractivity contribution in [2.45, 2.75) is 19.9 Å². The highest BCUT2D eigenvalue weighted by Gasteiger charge is 2.16. The van der Waals surface area contributed by atoms with Crippen LogP contribution in [-0.2, 0) is 4.79 Å². The lowest BCUT2D eigenvalue weighted by atomic mass is 10.2. The summed E-state index contributed by atoms with van der Waals surface area (Å²) in [4.78, 5) is 22.4. The number of aryl methyl sites for hydroxylation is 1. The fourth-order valence-corrected chi connectivity index (χ4v) is 2.49. The number of carbonyl (C=O) groups excluding carboxylic acids is 1. The third-order valence-electron chi connectivity index (χ3n) is 3.04. The van der Waals surface area contributed by atoms with Gasteiger partial charge in [-0.05, 0) is 33.0 Å². The lowest BCUT2D eigenvalue weighted by Gasteiger charge is -2.23. The summed E-state index contributed by atoms with van der Waals surface area (Å²) in [5.74, 6) is -0.0652. The zero-order valence-corrected chi connectivity index (χ0v) is 12.6. The van der Waals surface area contributed by atoms with Crippen molar-refractivity contribution >= 4 is 22.4 Å². The highest BCUT2D eigenvalue weighted by atomic mass is 32.1. The monoisotopic (exact) mass is 290 g/mol. The van der Waals surface area contributed by atoms with E-state index in [0.717, 1.165) is 11.4 Å². The maximum Gasteiger partial charge on any atom is 0.240 e. The standard InChI is InChI=1S/C14H18N4OS/c1-10-9-20-14(16-10)17-13(19)8-18(3)11(2)12-6-4-5-7-15-12/h4-7,9,11H,8H2,1-3H3,(H,16,17,19)/t11-/m0/s1. The van der Waals surface area contributed by atoms with E-state index in [1.165, 1.54) is 11.3 Å². The molecule has 2 aromatic rings. The fourth-order valence-electron chi connectivity index (χ4n) is 1.78. The van der Waals surface area contributed by atoms with Gasteiger partial charge in [-0.15, -0.1) is 11.3 Å². The second-order valence-electron chi connectivity index (χ2n) is 4.69. The molecule has 1 N–H and O–H groups in total. The SMILES string of the molecule is Cc1csc(NC(=O)CN(C)[C@@H](C)c2ccccn2)n1. The molecule has 20 heavy (non-hydrogen) atoms. The van der Waals surface area contributed by atoms with Crippen molar-refractivity contribution in [1.82, 2.24) is 14.9 Å². The summed E-state index contributed by atoms with van der Waals surface area (Å²) in [5.41, 5.74) is 1.87. The first-order valence-corrected chi connectivity index (χ1v) is 7.27. The Kier molecular flexibility index (Phi) is 4.81. The van der Waals surface area contributed by atoms with Crippen molar-refractivity contribution in [3.63, 3.8) is 0 Å². The summed E-state index contributed by atoms with van der Waals surface area (Å²) in [6.07, 6.45) is 1.76. The third kappa shape index (κ3) is 3.85. The average molecular weight is 290 g/mol. The van der Waals surface area contributed by atoms with E-state index in [1.807, 2.05) is 49.4 Å². The Morgan fingerprint density at radius 2 is 2.30 bits per heavy atom. The van der Waals surface area contributed by atoms with Crippen LogP contribution in [0.25, 0.3) is 0 Å². The number of rotatable bonds is 5. The predicted molar refractivity (Wildman–Crippen MR) is 80.8 cm³/mol. The quantitative estimate of drug-likeness (QED) is 0.919. The summed E-state index contributed by atoms with van der Waals surface area (Å²) >= 11 is 1.44. The Morgan fingerprint density at radius 1 is 1.50 bits per heavy atom. The Morgan fingerprint density at radius 3 is 2.90 bits per heavy atom. The molecular formula is C14H18N4OS. The molecule has 0 fully saturated rings. The Hall–Kier alpha value is -1.79. The predicted octanol–water partition coefficient (Wildman–Crippen LogP) is 2.48. The molecule has 1 amide bonds. The van der Waals surface area contributed by atoms with Gasteiger partial charge < -0.3 is 5.32 Å². The van der Waals surface area contributed by atoms with Gasteiger partial charge in [-0.25, -0.2) is 4.98 Å². The van der Waals surface area contributed by atoms with Crippen LogP contribution in [0.4, 0.5) is 5.13 Å². The average Bonchev–Trinajstić information content (AvgIpc) is 2.84. The van der Waals surface area contributed by atoms with Crippen LogP contribution in [0.3, 0.4) is 0 Å². The number of nitrogens with zero attached hydrogens (tertiary/aromatic N) is 3. The molecule has 0 bridgehead atoms. The van der Waals surface area contributed by atoms with E-state index in [1.54, 1.807) is 6.20 Å². The summed E-state index contributed by atoms with van der Waals surface area (Å²) in [6.45, 7) is 4.24. The van der Waals surface area contributed by atoms with Crippen LogP contribution in [-0.4, -0.2) is 34.4 Å². The van der Waals surface area contributed by atoms with Gasteiger partial charge in [0.25, 0.3) is 0 Å². The molecule has 6 heteroatoms. The van der Waals surface area contributed by atoms with Crippen molar-refractivity contribution in [1.29, 1.82) is 0 Å². The number of likely N-dealkylation sites (N-methyl/N-ethyl adjacent to an activating group) is 1. The van der Waals surface area contributed by atoms with Crippen LogP contribution in [0, 0.1) is 6.92 Å². The Labute approximate surface area is 122 Å². The molecular weight excluding hydrogens is 272 g/mol. The normalized spacial score (nSPS) is 12.4. The van der Waals surface area contributed by atoms with Crippen LogP contribution in [0.15, 0.2) is 29.8 Å². The van der Waals surface area contributed by atoms with E-state index in [0.29, 0.717) is 11.7 Å². The number of amides is 1. The van der Waals surface area contributed by atoms with Crippen LogP contribution in [0.1, 0.15) is 24.4 Å². The molecule has 0 aliphatic rings. The molecule has 0 spiro atoms.